The molecule has 0 saturated carbocycles. The van der Waals surface area contributed by atoms with Gasteiger partial charge in [0.05, 0.1) is 0 Å². The van der Waals surface area contributed by atoms with E-state index >= 15 is 0 Å². The van der Waals surface area contributed by atoms with Crippen LogP contribution >= 0.6 is 0 Å². The van der Waals surface area contributed by atoms with Gasteiger partial charge in [-0.15, -0.1) is 0 Å². The number of para-hydroxylation sites is 1. The van der Waals surface area contributed by atoms with Crippen LogP contribution in [0.15, 0.2) is 54.6 Å². The Balaban J connectivity index is 1.36. The van der Waals surface area contributed by atoms with Crippen molar-refractivity contribution in [2.24, 2.45) is 5.92 Å². The molecule has 1 atom stereocenters. The molecule has 2 heterocycles. The highest BCUT2D eigenvalue weighted by Crippen LogP contribution is 2.32. The number of carbonyl (C=O) groups is 2. The molecule has 2 saturated heterocycles. The number of nitrogens with zero attached hydrogens (tertiary/aromatic N) is 2. The van der Waals surface area contributed by atoms with Crippen LogP contribution in [0.25, 0.3) is 0 Å². The molecule has 2 amide bonds. The number of ether oxygens (including phenoxy) is 1. The summed E-state index contributed by atoms with van der Waals surface area (Å²) >= 11 is 0. The second-order valence-corrected chi connectivity index (χ2v) is 10.4. The SMILES string of the molecule is CCCCN1C(=O)C2(CCN(Cc3ccc(Oc4ccccc4)cc3)CC2)NC(=O)C1CC(C)C. The average molecular weight is 478 g/mol. The summed E-state index contributed by atoms with van der Waals surface area (Å²) in [4.78, 5) is 31.1. The Bertz CT molecular complexity index is 982. The fourth-order valence-corrected chi connectivity index (χ4v) is 5.17. The number of likely N-dealkylation sites (tertiary alicyclic amines) is 1. The molecule has 2 aliphatic rings. The van der Waals surface area contributed by atoms with Crippen molar-refractivity contribution < 1.29 is 14.3 Å². The van der Waals surface area contributed by atoms with Crippen molar-refractivity contribution in [3.63, 3.8) is 0 Å². The van der Waals surface area contributed by atoms with Crippen molar-refractivity contribution in [3.05, 3.63) is 60.2 Å². The molecule has 6 nitrogen and oxygen atoms in total. The van der Waals surface area contributed by atoms with Crippen molar-refractivity contribution in [2.75, 3.05) is 19.6 Å². The lowest BCUT2D eigenvalue weighted by atomic mass is 9.81. The van der Waals surface area contributed by atoms with Gasteiger partial charge in [0.1, 0.15) is 23.1 Å². The van der Waals surface area contributed by atoms with Crippen molar-refractivity contribution in [2.45, 2.75) is 71.0 Å². The van der Waals surface area contributed by atoms with Gasteiger partial charge in [-0.3, -0.25) is 14.5 Å². The molecule has 1 unspecified atom stereocenters. The number of carbonyl (C=O) groups excluding carboxylic acids is 2. The third-order valence-electron chi connectivity index (χ3n) is 7.18. The molecule has 4 rings (SSSR count). The lowest BCUT2D eigenvalue weighted by Gasteiger charge is -2.49. The molecule has 35 heavy (non-hydrogen) atoms. The van der Waals surface area contributed by atoms with Gasteiger partial charge in [0.15, 0.2) is 0 Å². The van der Waals surface area contributed by atoms with E-state index in [2.05, 4.69) is 43.1 Å². The van der Waals surface area contributed by atoms with Crippen LogP contribution in [0.2, 0.25) is 0 Å². The maximum atomic E-state index is 13.7. The minimum atomic E-state index is -0.748. The number of piperidine rings is 1. The Morgan fingerprint density at radius 3 is 2.29 bits per heavy atom. The van der Waals surface area contributed by atoms with Crippen LogP contribution in [0.5, 0.6) is 11.5 Å². The number of benzene rings is 2. The van der Waals surface area contributed by atoms with Crippen LogP contribution in [0, 0.1) is 5.92 Å². The minimum Gasteiger partial charge on any atom is -0.457 e. The lowest BCUT2D eigenvalue weighted by molar-refractivity contribution is -0.158. The number of piperazine rings is 1. The van der Waals surface area contributed by atoms with Gasteiger partial charge in [-0.25, -0.2) is 0 Å². The molecule has 1 N–H and O–H groups in total. The molecular weight excluding hydrogens is 438 g/mol. The topological polar surface area (TPSA) is 61.9 Å². The largest absolute Gasteiger partial charge is 0.457 e. The number of nitrogens with one attached hydrogen (secondary N) is 1. The number of amides is 2. The molecule has 0 bridgehead atoms. The summed E-state index contributed by atoms with van der Waals surface area (Å²) in [6, 6.07) is 17.6. The Morgan fingerprint density at radius 1 is 1.00 bits per heavy atom. The predicted molar refractivity (Wildman–Crippen MR) is 138 cm³/mol. The van der Waals surface area contributed by atoms with Gasteiger partial charge in [-0.05, 0) is 61.4 Å². The van der Waals surface area contributed by atoms with E-state index in [4.69, 9.17) is 4.74 Å². The first-order valence-corrected chi connectivity index (χ1v) is 13.1. The maximum Gasteiger partial charge on any atom is 0.249 e. The Kier molecular flexibility index (Phi) is 8.11. The Labute approximate surface area is 209 Å². The minimum absolute atomic E-state index is 0.0249. The fraction of sp³-hybridized carbons (Fsp3) is 0.517. The highest BCUT2D eigenvalue weighted by Gasteiger charge is 2.51. The van der Waals surface area contributed by atoms with E-state index < -0.39 is 5.54 Å². The summed E-state index contributed by atoms with van der Waals surface area (Å²) in [7, 11) is 0. The molecule has 0 aliphatic carbocycles. The van der Waals surface area contributed by atoms with Gasteiger partial charge in [-0.2, -0.15) is 0 Å². The van der Waals surface area contributed by atoms with Gasteiger partial charge in [-0.1, -0.05) is 57.5 Å². The Morgan fingerprint density at radius 2 is 1.66 bits per heavy atom. The number of rotatable bonds is 9. The normalized spacial score (nSPS) is 20.3. The molecule has 0 aromatic heterocycles. The second kappa shape index (κ2) is 11.3. The van der Waals surface area contributed by atoms with Crippen molar-refractivity contribution >= 4 is 11.8 Å². The summed E-state index contributed by atoms with van der Waals surface area (Å²) in [5.41, 5.74) is 0.462. The zero-order valence-electron chi connectivity index (χ0n) is 21.3. The van der Waals surface area contributed by atoms with E-state index in [0.29, 0.717) is 31.7 Å². The van der Waals surface area contributed by atoms with Crippen LogP contribution < -0.4 is 10.1 Å². The summed E-state index contributed by atoms with van der Waals surface area (Å²) in [5, 5.41) is 3.19. The number of unbranched alkanes of at least 4 members (excludes halogenated alkanes) is 1. The van der Waals surface area contributed by atoms with Gasteiger partial charge in [0, 0.05) is 26.2 Å². The van der Waals surface area contributed by atoms with E-state index in [1.165, 1.54) is 5.56 Å². The summed E-state index contributed by atoms with van der Waals surface area (Å²) in [5.74, 6) is 2.15. The van der Waals surface area contributed by atoms with E-state index in [9.17, 15) is 9.59 Å². The van der Waals surface area contributed by atoms with Crippen LogP contribution in [0.3, 0.4) is 0 Å². The summed E-state index contributed by atoms with van der Waals surface area (Å²) < 4.78 is 5.89. The van der Waals surface area contributed by atoms with Gasteiger partial charge in [0.25, 0.3) is 0 Å². The van der Waals surface area contributed by atoms with Crippen LogP contribution in [-0.4, -0.2) is 52.8 Å². The smallest absolute Gasteiger partial charge is 0.249 e. The summed E-state index contributed by atoms with van der Waals surface area (Å²) in [6.07, 6.45) is 3.97. The van der Waals surface area contributed by atoms with Crippen molar-refractivity contribution in [1.82, 2.24) is 15.1 Å². The predicted octanol–water partition coefficient (Wildman–Crippen LogP) is 4.99. The molecule has 1 spiro atoms. The zero-order chi connectivity index (χ0) is 24.8. The first kappa shape index (κ1) is 25.2. The molecule has 2 aliphatic heterocycles. The van der Waals surface area contributed by atoms with Crippen molar-refractivity contribution in [1.29, 1.82) is 0 Å². The van der Waals surface area contributed by atoms with Crippen molar-refractivity contribution in [3.8, 4) is 11.5 Å². The second-order valence-electron chi connectivity index (χ2n) is 10.4. The van der Waals surface area contributed by atoms with Crippen LogP contribution in [0.1, 0.15) is 58.4 Å². The molecule has 2 fully saturated rings. The molecular formula is C29H39N3O3. The average Bonchev–Trinajstić information content (AvgIpc) is 2.85. The van der Waals surface area contributed by atoms with Gasteiger partial charge >= 0.3 is 0 Å². The summed E-state index contributed by atoms with van der Waals surface area (Å²) in [6.45, 7) is 9.40. The van der Waals surface area contributed by atoms with Crippen LogP contribution in [-0.2, 0) is 16.1 Å². The van der Waals surface area contributed by atoms with Gasteiger partial charge in [0.2, 0.25) is 11.8 Å². The zero-order valence-corrected chi connectivity index (χ0v) is 21.3. The quantitative estimate of drug-likeness (QED) is 0.553. The number of hydrogen-bond acceptors (Lipinski definition) is 4. The first-order valence-electron chi connectivity index (χ1n) is 13.1. The Hall–Kier alpha value is -2.86. The maximum absolute atomic E-state index is 13.7. The third kappa shape index (κ3) is 6.04. The first-order chi connectivity index (χ1) is 16.9. The van der Waals surface area contributed by atoms with Crippen LogP contribution in [0.4, 0.5) is 0 Å². The highest BCUT2D eigenvalue weighted by molar-refractivity contribution is 6.00. The monoisotopic (exact) mass is 477 g/mol. The fourth-order valence-electron chi connectivity index (χ4n) is 5.17. The third-order valence-corrected chi connectivity index (χ3v) is 7.18. The van der Waals surface area contributed by atoms with E-state index in [1.54, 1.807) is 0 Å². The van der Waals surface area contributed by atoms with E-state index in [1.807, 2.05) is 47.4 Å². The molecule has 188 valence electrons. The highest BCUT2D eigenvalue weighted by atomic mass is 16.5. The molecule has 0 radical (unpaired) electrons. The van der Waals surface area contributed by atoms with E-state index in [0.717, 1.165) is 44.0 Å². The van der Waals surface area contributed by atoms with E-state index in [-0.39, 0.29) is 17.9 Å². The molecule has 2 aromatic carbocycles. The lowest BCUT2D eigenvalue weighted by Crippen LogP contribution is -2.72. The molecule has 6 heteroatoms. The number of hydrogen-bond donors (Lipinski definition) is 1. The standard InChI is InChI=1S/C29H39N3O3/c1-4-5-17-32-26(20-22(2)3)27(33)30-29(28(32)34)15-18-31(19-16-29)21-23-11-13-25(14-12-23)35-24-9-7-6-8-10-24/h6-14,22,26H,4-5,15-21H2,1-3H3,(H,30,33). The van der Waals surface area contributed by atoms with Gasteiger partial charge < -0.3 is 15.0 Å². The molecule has 2 aromatic rings.